The van der Waals surface area contributed by atoms with E-state index in [-0.39, 0.29) is 33.9 Å². The fourth-order valence-corrected chi connectivity index (χ4v) is 3.38. The average molecular weight is 414 g/mol. The van der Waals surface area contributed by atoms with Crippen molar-refractivity contribution in [2.75, 3.05) is 5.73 Å². The van der Waals surface area contributed by atoms with E-state index in [9.17, 15) is 18.4 Å². The van der Waals surface area contributed by atoms with Crippen LogP contribution in [0.15, 0.2) is 24.9 Å². The first-order valence-electron chi connectivity index (χ1n) is 8.67. The molecule has 4 rings (SSSR count). The number of nitrogen functional groups attached to an aromatic ring is 1. The molecule has 13 heteroatoms. The summed E-state index contributed by atoms with van der Waals surface area (Å²) in [6.07, 6.45) is 0.613. The normalized spacial score (nSPS) is 12.8. The van der Waals surface area contributed by atoms with E-state index in [2.05, 4.69) is 41.5 Å². The number of nitrogens with zero attached hydrogens (tertiary/aromatic N) is 8. The molecule has 4 aromatic heterocycles. The molecule has 0 fully saturated rings. The van der Waals surface area contributed by atoms with Crippen LogP contribution in [0.3, 0.4) is 0 Å². The molecular weight excluding hydrogens is 401 g/mol. The molecule has 3 N–H and O–H groups in total. The molecule has 1 unspecified atom stereocenters. The fraction of sp³-hybridized carbons (Fsp3) is 0.235. The number of halogens is 3. The largest absolute Gasteiger partial charge is 0.451 e. The molecular formula is C17H13F3N10. The Hall–Kier alpha value is -4.08. The zero-order valence-corrected chi connectivity index (χ0v) is 15.4. The lowest BCUT2D eigenvalue weighted by Crippen LogP contribution is -2.10. The standard InChI is InChI=1S/C17H13F3N10/c1-2-9(11-6-26-29-28-11)13-10(3-21)12(14-15(22)25-7-27-30(13)14)8-4-23-16(24-5-8)17(18,19)20/h4-7,9H,2H2,1H3,(H2,22,25,27)(H,26,28,29). The Balaban J connectivity index is 2.03. The van der Waals surface area contributed by atoms with Crippen LogP contribution in [0, 0.1) is 11.3 Å². The lowest BCUT2D eigenvalue weighted by Gasteiger charge is -2.12. The van der Waals surface area contributed by atoms with Gasteiger partial charge >= 0.3 is 6.18 Å². The minimum absolute atomic E-state index is 0.0534. The highest BCUT2D eigenvalue weighted by atomic mass is 19.4. The Kier molecular flexibility index (Phi) is 4.53. The van der Waals surface area contributed by atoms with Crippen LogP contribution in [0.2, 0.25) is 0 Å². The number of hydrogen-bond donors (Lipinski definition) is 2. The molecule has 1 atom stereocenters. The van der Waals surface area contributed by atoms with Crippen LogP contribution >= 0.6 is 0 Å². The number of aromatic amines is 1. The summed E-state index contributed by atoms with van der Waals surface area (Å²) in [6.45, 7) is 1.89. The van der Waals surface area contributed by atoms with E-state index >= 15 is 0 Å². The van der Waals surface area contributed by atoms with Crippen molar-refractivity contribution < 1.29 is 13.2 Å². The minimum atomic E-state index is -4.69. The summed E-state index contributed by atoms with van der Waals surface area (Å²) in [5.41, 5.74) is 7.96. The Labute approximate surface area is 166 Å². The van der Waals surface area contributed by atoms with Crippen molar-refractivity contribution >= 4 is 11.3 Å². The van der Waals surface area contributed by atoms with E-state index < -0.39 is 12.0 Å². The zero-order valence-electron chi connectivity index (χ0n) is 15.4. The van der Waals surface area contributed by atoms with Gasteiger partial charge in [0.15, 0.2) is 5.82 Å². The fourth-order valence-electron chi connectivity index (χ4n) is 3.38. The molecule has 0 aromatic carbocycles. The SMILES string of the molecule is CCC(c1cn[nH]n1)c1c(C#N)c(-c2cnc(C(F)(F)F)nc2)c2c(N)ncnn12. The Morgan fingerprint density at radius 1 is 1.23 bits per heavy atom. The van der Waals surface area contributed by atoms with Gasteiger partial charge in [-0.1, -0.05) is 6.92 Å². The summed E-state index contributed by atoms with van der Waals surface area (Å²) in [5, 5.41) is 24.6. The topological polar surface area (TPSA) is 147 Å². The third kappa shape index (κ3) is 2.98. The number of nitrogens with two attached hydrogens (primary N) is 1. The van der Waals surface area contributed by atoms with Crippen molar-refractivity contribution in [1.82, 2.24) is 40.0 Å². The number of hydrogen-bond acceptors (Lipinski definition) is 8. The highest BCUT2D eigenvalue weighted by molar-refractivity contribution is 5.92. The number of nitriles is 1. The average Bonchev–Trinajstić information content (AvgIpc) is 3.36. The van der Waals surface area contributed by atoms with Gasteiger partial charge in [-0.15, -0.1) is 0 Å². The maximum atomic E-state index is 12.9. The van der Waals surface area contributed by atoms with E-state index in [1.807, 2.05) is 6.92 Å². The highest BCUT2D eigenvalue weighted by Crippen LogP contribution is 2.40. The summed E-state index contributed by atoms with van der Waals surface area (Å²) in [6, 6.07) is 2.12. The van der Waals surface area contributed by atoms with Crippen molar-refractivity contribution in [2.24, 2.45) is 0 Å². The van der Waals surface area contributed by atoms with E-state index in [0.717, 1.165) is 12.4 Å². The molecule has 0 aliphatic heterocycles. The number of H-pyrrole nitrogens is 1. The Morgan fingerprint density at radius 3 is 2.53 bits per heavy atom. The second kappa shape index (κ2) is 7.07. The van der Waals surface area contributed by atoms with E-state index in [1.54, 1.807) is 0 Å². The lowest BCUT2D eigenvalue weighted by molar-refractivity contribution is -0.144. The van der Waals surface area contributed by atoms with Gasteiger partial charge in [-0.05, 0) is 6.42 Å². The number of aromatic nitrogens is 8. The second-order valence-electron chi connectivity index (χ2n) is 6.30. The van der Waals surface area contributed by atoms with Crippen molar-refractivity contribution in [3.8, 4) is 17.2 Å². The third-order valence-electron chi connectivity index (χ3n) is 4.62. The van der Waals surface area contributed by atoms with E-state index in [4.69, 9.17) is 5.73 Å². The summed E-state index contributed by atoms with van der Waals surface area (Å²) < 4.78 is 40.0. The monoisotopic (exact) mass is 414 g/mol. The first kappa shape index (κ1) is 19.2. The van der Waals surface area contributed by atoms with Gasteiger partial charge < -0.3 is 5.73 Å². The van der Waals surface area contributed by atoms with Gasteiger partial charge in [0.05, 0.1) is 23.1 Å². The molecule has 0 saturated heterocycles. The second-order valence-corrected chi connectivity index (χ2v) is 6.30. The van der Waals surface area contributed by atoms with Gasteiger partial charge in [-0.25, -0.2) is 19.5 Å². The molecule has 0 bridgehead atoms. The van der Waals surface area contributed by atoms with Crippen molar-refractivity contribution in [1.29, 1.82) is 5.26 Å². The van der Waals surface area contributed by atoms with Crippen LogP contribution in [0.1, 0.15) is 42.0 Å². The molecule has 152 valence electrons. The van der Waals surface area contributed by atoms with Crippen molar-refractivity contribution in [2.45, 2.75) is 25.4 Å². The van der Waals surface area contributed by atoms with Crippen LogP contribution in [0.4, 0.5) is 19.0 Å². The molecule has 0 radical (unpaired) electrons. The smallest absolute Gasteiger partial charge is 0.382 e. The van der Waals surface area contributed by atoms with Crippen LogP contribution in [0.25, 0.3) is 16.6 Å². The first-order valence-corrected chi connectivity index (χ1v) is 8.67. The van der Waals surface area contributed by atoms with E-state index in [0.29, 0.717) is 17.8 Å². The summed E-state index contributed by atoms with van der Waals surface area (Å²) in [4.78, 5) is 10.8. The van der Waals surface area contributed by atoms with Crippen molar-refractivity contribution in [3.63, 3.8) is 0 Å². The number of alkyl halides is 3. The molecule has 4 heterocycles. The van der Waals surface area contributed by atoms with Gasteiger partial charge in [0.1, 0.15) is 17.9 Å². The maximum Gasteiger partial charge on any atom is 0.451 e. The quantitative estimate of drug-likeness (QED) is 0.517. The van der Waals surface area contributed by atoms with Gasteiger partial charge in [0, 0.05) is 29.4 Å². The van der Waals surface area contributed by atoms with Crippen LogP contribution in [-0.2, 0) is 6.18 Å². The molecule has 0 amide bonds. The van der Waals surface area contributed by atoms with E-state index in [1.165, 1.54) is 17.0 Å². The van der Waals surface area contributed by atoms with Crippen molar-refractivity contribution in [3.05, 3.63) is 47.7 Å². The zero-order chi connectivity index (χ0) is 21.5. The van der Waals surface area contributed by atoms with Gasteiger partial charge in [-0.2, -0.15) is 38.9 Å². The van der Waals surface area contributed by atoms with Crippen LogP contribution in [0.5, 0.6) is 0 Å². The summed E-state index contributed by atoms with van der Waals surface area (Å²) in [5.74, 6) is -1.62. The molecule has 10 nitrogen and oxygen atoms in total. The van der Waals surface area contributed by atoms with Gasteiger partial charge in [0.25, 0.3) is 0 Å². The Morgan fingerprint density at radius 2 is 1.97 bits per heavy atom. The highest BCUT2D eigenvalue weighted by Gasteiger charge is 2.35. The lowest BCUT2D eigenvalue weighted by atomic mass is 9.94. The number of rotatable bonds is 4. The predicted octanol–water partition coefficient (Wildman–Crippen LogP) is 2.32. The molecule has 4 aromatic rings. The van der Waals surface area contributed by atoms with Crippen LogP contribution in [-0.4, -0.2) is 40.0 Å². The van der Waals surface area contributed by atoms with Crippen LogP contribution < -0.4 is 5.73 Å². The number of nitrogens with one attached hydrogen (secondary N) is 1. The predicted molar refractivity (Wildman–Crippen MR) is 96.7 cm³/mol. The minimum Gasteiger partial charge on any atom is -0.382 e. The maximum absolute atomic E-state index is 12.9. The number of anilines is 1. The third-order valence-corrected chi connectivity index (χ3v) is 4.62. The molecule has 0 spiro atoms. The summed E-state index contributed by atoms with van der Waals surface area (Å²) in [7, 11) is 0. The molecule has 0 saturated carbocycles. The molecule has 0 aliphatic carbocycles. The molecule has 0 aliphatic rings. The number of fused-ring (bicyclic) bond motifs is 1. The van der Waals surface area contributed by atoms with Gasteiger partial charge in [0.2, 0.25) is 5.82 Å². The first-order chi connectivity index (χ1) is 14.4. The Bertz CT molecular complexity index is 1240. The summed E-state index contributed by atoms with van der Waals surface area (Å²) >= 11 is 0. The molecule has 30 heavy (non-hydrogen) atoms. The van der Waals surface area contributed by atoms with Gasteiger partial charge in [-0.3, -0.25) is 0 Å².